The van der Waals surface area contributed by atoms with Crippen molar-refractivity contribution in [3.05, 3.63) is 56.7 Å². The van der Waals surface area contributed by atoms with Crippen LogP contribution in [0.5, 0.6) is 5.75 Å². The van der Waals surface area contributed by atoms with Gasteiger partial charge in [0.2, 0.25) is 5.78 Å². The van der Waals surface area contributed by atoms with Gasteiger partial charge in [-0.1, -0.05) is 19.1 Å². The number of aliphatic hydroxyl groups excluding tert-OH is 1. The van der Waals surface area contributed by atoms with Crippen molar-refractivity contribution in [2.45, 2.75) is 53.2 Å². The summed E-state index contributed by atoms with van der Waals surface area (Å²) in [6.45, 7) is 9.89. The molecule has 1 aromatic carbocycles. The molecule has 0 bridgehead atoms. The Morgan fingerprint density at radius 1 is 1.28 bits per heavy atom. The van der Waals surface area contributed by atoms with Crippen LogP contribution in [0, 0.1) is 13.8 Å². The number of aryl methyl sites for hydroxylation is 2. The van der Waals surface area contributed by atoms with Gasteiger partial charge in [0, 0.05) is 6.54 Å². The maximum atomic E-state index is 13.3. The third-order valence-electron chi connectivity index (χ3n) is 4.69. The van der Waals surface area contributed by atoms with E-state index in [4.69, 9.17) is 4.74 Å². The summed E-state index contributed by atoms with van der Waals surface area (Å²) in [5, 5.41) is 11.4. The van der Waals surface area contributed by atoms with E-state index in [0.29, 0.717) is 29.3 Å². The quantitative estimate of drug-likeness (QED) is 0.673. The minimum atomic E-state index is -0.634. The Labute approximate surface area is 174 Å². The largest absolute Gasteiger partial charge is 0.503 e. The normalized spacial score (nSPS) is 16.8. The van der Waals surface area contributed by atoms with Gasteiger partial charge in [-0.15, -0.1) is 11.3 Å². The van der Waals surface area contributed by atoms with Crippen molar-refractivity contribution in [2.75, 3.05) is 6.54 Å². The molecule has 2 aromatic rings. The molecule has 1 unspecified atom stereocenters. The van der Waals surface area contributed by atoms with Crippen LogP contribution < -0.4 is 4.74 Å². The number of amides is 1. The second kappa shape index (κ2) is 8.37. The lowest BCUT2D eigenvalue weighted by Gasteiger charge is -2.26. The molecule has 0 fully saturated rings. The lowest BCUT2D eigenvalue weighted by Crippen LogP contribution is -2.31. The van der Waals surface area contributed by atoms with Gasteiger partial charge in [-0.3, -0.25) is 9.59 Å². The average Bonchev–Trinajstić information content (AvgIpc) is 3.12. The van der Waals surface area contributed by atoms with Crippen LogP contribution in [0.1, 0.15) is 59.2 Å². The Bertz CT molecular complexity index is 960. The molecule has 1 N–H and O–H groups in total. The highest BCUT2D eigenvalue weighted by Gasteiger charge is 2.44. The number of Topliss-reactive ketones (excluding diaryl/α,β-unsaturated/α-hetero) is 1. The smallest absolute Gasteiger partial charge is 0.290 e. The van der Waals surface area contributed by atoms with E-state index in [2.05, 4.69) is 4.98 Å². The molecule has 1 atom stereocenters. The first-order valence-corrected chi connectivity index (χ1v) is 10.6. The zero-order valence-corrected chi connectivity index (χ0v) is 18.2. The topological polar surface area (TPSA) is 79.7 Å². The van der Waals surface area contributed by atoms with Crippen LogP contribution in [0.4, 0.5) is 0 Å². The Balaban J connectivity index is 2.05. The number of carbonyl (C=O) groups is 2. The lowest BCUT2D eigenvalue weighted by atomic mass is 9.95. The molecule has 1 aliphatic rings. The van der Waals surface area contributed by atoms with E-state index in [-0.39, 0.29) is 17.5 Å². The molecule has 0 spiro atoms. The molecular weight excluding hydrogens is 388 g/mol. The Morgan fingerprint density at radius 3 is 2.45 bits per heavy atom. The Morgan fingerprint density at radius 2 is 1.93 bits per heavy atom. The fourth-order valence-corrected chi connectivity index (χ4v) is 4.44. The number of carbonyl (C=O) groups excluding carboxylic acids is 2. The van der Waals surface area contributed by atoms with E-state index >= 15 is 0 Å². The Hall–Kier alpha value is -2.67. The van der Waals surface area contributed by atoms with Gasteiger partial charge in [-0.25, -0.2) is 4.98 Å². The summed E-state index contributed by atoms with van der Waals surface area (Å²) < 4.78 is 5.70. The van der Waals surface area contributed by atoms with Gasteiger partial charge in [0.05, 0.1) is 33.3 Å². The van der Waals surface area contributed by atoms with E-state index in [1.807, 2.05) is 52.0 Å². The number of nitrogens with zero attached hydrogens (tertiary/aromatic N) is 2. The molecule has 154 valence electrons. The summed E-state index contributed by atoms with van der Waals surface area (Å²) >= 11 is 1.28. The third-order valence-corrected chi connectivity index (χ3v) is 5.76. The van der Waals surface area contributed by atoms with Gasteiger partial charge >= 0.3 is 0 Å². The minimum Gasteiger partial charge on any atom is -0.503 e. The first kappa shape index (κ1) is 21.0. The third kappa shape index (κ3) is 4.05. The molecule has 0 radical (unpaired) electrons. The SMILES string of the molecule is CCCN1C(=O)C(O)=C(C(=O)c2sc(C)nc2C)C1c1ccc(OC(C)C)cc1. The number of aliphatic hydroxyl groups is 1. The maximum absolute atomic E-state index is 13.3. The molecule has 0 saturated heterocycles. The summed E-state index contributed by atoms with van der Waals surface area (Å²) in [6, 6.07) is 6.70. The molecule has 1 aromatic heterocycles. The van der Waals surface area contributed by atoms with Crippen LogP contribution in [0.25, 0.3) is 0 Å². The Kier molecular flexibility index (Phi) is 6.07. The van der Waals surface area contributed by atoms with E-state index in [0.717, 1.165) is 10.6 Å². The number of thiazole rings is 1. The highest BCUT2D eigenvalue weighted by Crippen LogP contribution is 2.40. The molecule has 0 saturated carbocycles. The van der Waals surface area contributed by atoms with Gasteiger partial charge in [-0.2, -0.15) is 0 Å². The van der Waals surface area contributed by atoms with E-state index in [1.54, 1.807) is 11.8 Å². The van der Waals surface area contributed by atoms with Gasteiger partial charge < -0.3 is 14.7 Å². The van der Waals surface area contributed by atoms with E-state index in [1.165, 1.54) is 11.3 Å². The molecule has 1 aliphatic heterocycles. The molecule has 7 heteroatoms. The first-order chi connectivity index (χ1) is 13.7. The number of hydrogen-bond acceptors (Lipinski definition) is 6. The van der Waals surface area contributed by atoms with Crippen molar-refractivity contribution >= 4 is 23.0 Å². The standard InChI is InChI=1S/C22H26N2O4S/c1-6-11-24-18(15-7-9-16(10-8-15)28-12(2)3)17(20(26)22(24)27)19(25)21-13(4)23-14(5)29-21/h7-10,12,18,26H,6,11H2,1-5H3. The van der Waals surface area contributed by atoms with Gasteiger partial charge in [0.15, 0.2) is 5.76 Å². The predicted molar refractivity (Wildman–Crippen MR) is 113 cm³/mol. The predicted octanol–water partition coefficient (Wildman–Crippen LogP) is 4.54. The second-order valence-electron chi connectivity index (χ2n) is 7.38. The van der Waals surface area contributed by atoms with E-state index < -0.39 is 17.7 Å². The second-order valence-corrected chi connectivity index (χ2v) is 8.58. The molecule has 1 amide bonds. The van der Waals surface area contributed by atoms with Crippen LogP contribution in [0.2, 0.25) is 0 Å². The van der Waals surface area contributed by atoms with Crippen molar-refractivity contribution in [3.63, 3.8) is 0 Å². The highest BCUT2D eigenvalue weighted by molar-refractivity contribution is 7.14. The zero-order chi connectivity index (χ0) is 21.3. The summed E-state index contributed by atoms with van der Waals surface area (Å²) in [7, 11) is 0. The van der Waals surface area contributed by atoms with Crippen molar-refractivity contribution in [3.8, 4) is 5.75 Å². The molecule has 0 aliphatic carbocycles. The molecule has 2 heterocycles. The van der Waals surface area contributed by atoms with Crippen LogP contribution in [-0.4, -0.2) is 39.3 Å². The number of ketones is 1. The monoisotopic (exact) mass is 414 g/mol. The summed E-state index contributed by atoms with van der Waals surface area (Å²) in [6.07, 6.45) is 0.758. The number of hydrogen-bond donors (Lipinski definition) is 1. The lowest BCUT2D eigenvalue weighted by molar-refractivity contribution is -0.129. The summed E-state index contributed by atoms with van der Waals surface area (Å²) in [4.78, 5) is 32.4. The van der Waals surface area contributed by atoms with Gasteiger partial charge in [-0.05, 0) is 51.8 Å². The van der Waals surface area contributed by atoms with Crippen molar-refractivity contribution in [1.29, 1.82) is 0 Å². The summed E-state index contributed by atoms with van der Waals surface area (Å²) in [5.74, 6) is -0.613. The molecule has 6 nitrogen and oxygen atoms in total. The number of benzene rings is 1. The zero-order valence-electron chi connectivity index (χ0n) is 17.4. The minimum absolute atomic E-state index is 0.0455. The fourth-order valence-electron chi connectivity index (χ4n) is 3.57. The van der Waals surface area contributed by atoms with Crippen molar-refractivity contribution < 1.29 is 19.4 Å². The highest BCUT2D eigenvalue weighted by atomic mass is 32.1. The fraction of sp³-hybridized carbons (Fsp3) is 0.409. The van der Waals surface area contributed by atoms with Crippen LogP contribution >= 0.6 is 11.3 Å². The van der Waals surface area contributed by atoms with Crippen LogP contribution in [-0.2, 0) is 4.79 Å². The average molecular weight is 415 g/mol. The molecule has 29 heavy (non-hydrogen) atoms. The number of rotatable bonds is 7. The maximum Gasteiger partial charge on any atom is 0.290 e. The van der Waals surface area contributed by atoms with Crippen molar-refractivity contribution in [2.24, 2.45) is 0 Å². The van der Waals surface area contributed by atoms with Gasteiger partial charge in [0.25, 0.3) is 5.91 Å². The number of ether oxygens (including phenoxy) is 1. The van der Waals surface area contributed by atoms with Crippen LogP contribution in [0.15, 0.2) is 35.6 Å². The molecule has 3 rings (SSSR count). The first-order valence-electron chi connectivity index (χ1n) is 9.74. The summed E-state index contributed by atoms with van der Waals surface area (Å²) in [5.41, 5.74) is 1.49. The number of aromatic nitrogens is 1. The molecular formula is C22H26N2O4S. The van der Waals surface area contributed by atoms with Crippen molar-refractivity contribution in [1.82, 2.24) is 9.88 Å². The van der Waals surface area contributed by atoms with E-state index in [9.17, 15) is 14.7 Å². The van der Waals surface area contributed by atoms with Crippen LogP contribution in [0.3, 0.4) is 0 Å². The van der Waals surface area contributed by atoms with Gasteiger partial charge in [0.1, 0.15) is 5.75 Å².